The number of anilines is 1. The number of pyridine rings is 4. The molecule has 0 saturated carbocycles. The van der Waals surface area contributed by atoms with Gasteiger partial charge in [-0.25, -0.2) is 40.2 Å². The molecule has 0 spiro atoms. The van der Waals surface area contributed by atoms with Crippen LogP contribution in [0.3, 0.4) is 0 Å². The summed E-state index contributed by atoms with van der Waals surface area (Å²) < 4.78 is 92.9. The number of fused-ring (bicyclic) bond motifs is 3. The number of hydrogen-bond donors (Lipinski definition) is 1. The van der Waals surface area contributed by atoms with Crippen LogP contribution in [0.15, 0.2) is 210 Å². The van der Waals surface area contributed by atoms with Crippen LogP contribution in [-0.2, 0) is 49.3 Å². The molecular weight excluding hydrogens is 1120 g/mol. The van der Waals surface area contributed by atoms with E-state index >= 15 is 0 Å². The van der Waals surface area contributed by atoms with E-state index in [1.54, 1.807) is 126 Å². The summed E-state index contributed by atoms with van der Waals surface area (Å²) in [6.07, 6.45) is 8.53. The van der Waals surface area contributed by atoms with Crippen molar-refractivity contribution in [3.63, 3.8) is 0 Å². The molecule has 21 heteroatoms. The first kappa shape index (κ1) is 54.3. The van der Waals surface area contributed by atoms with Crippen molar-refractivity contribution in [1.82, 2.24) is 19.9 Å². The quantitative estimate of drug-likeness (QED) is 0.101. The van der Waals surface area contributed by atoms with Crippen LogP contribution < -0.4 is 14.8 Å². The fourth-order valence-electron chi connectivity index (χ4n) is 8.08. The molecule has 0 amide bonds. The first-order valence-electron chi connectivity index (χ1n) is 24.0. The molecule has 12 aromatic rings. The zero-order valence-electron chi connectivity index (χ0n) is 42.3. The highest BCUT2D eigenvalue weighted by Gasteiger charge is 2.17. The molecule has 0 aliphatic rings. The number of nitrogens with zero attached hydrogens (tertiary/aromatic N) is 4. The van der Waals surface area contributed by atoms with Gasteiger partial charge in [-0.1, -0.05) is 54.6 Å². The lowest BCUT2D eigenvalue weighted by Crippen LogP contribution is -2.01. The molecule has 0 saturated heterocycles. The minimum absolute atomic E-state index is 0.266. The maximum atomic E-state index is 11.7. The van der Waals surface area contributed by atoms with E-state index < -0.39 is 29.5 Å². The van der Waals surface area contributed by atoms with Crippen molar-refractivity contribution in [3.05, 3.63) is 201 Å². The number of benzene rings is 3. The van der Waals surface area contributed by atoms with Crippen molar-refractivity contribution >= 4 is 102 Å². The molecule has 0 radical (unpaired) electrons. The minimum Gasteiger partial charge on any atom is -0.472 e. The fourth-order valence-corrected chi connectivity index (χ4v) is 11.8. The molecule has 0 bridgehead atoms. The molecule has 0 aliphatic carbocycles. The molecule has 3 aromatic carbocycles. The van der Waals surface area contributed by atoms with E-state index in [4.69, 9.17) is 18.3 Å². The van der Waals surface area contributed by atoms with Gasteiger partial charge in [-0.05, 0) is 101 Å². The number of rotatable bonds is 15. The topological polar surface area (TPSA) is 211 Å². The minimum atomic E-state index is -3.24. The summed E-state index contributed by atoms with van der Waals surface area (Å²) in [7, 11) is -9.72. The molecule has 12 rings (SSSR count). The molecule has 1 N–H and O–H groups in total. The Morgan fingerprint density at radius 3 is 1.41 bits per heavy atom. The van der Waals surface area contributed by atoms with Crippen LogP contribution in [-0.4, -0.2) is 64.0 Å². The van der Waals surface area contributed by atoms with E-state index in [9.17, 15) is 25.3 Å². The van der Waals surface area contributed by atoms with Crippen molar-refractivity contribution in [2.45, 2.75) is 34.4 Å². The van der Waals surface area contributed by atoms with E-state index in [1.165, 1.54) is 23.6 Å². The van der Waals surface area contributed by atoms with Crippen molar-refractivity contribution in [2.75, 3.05) is 24.1 Å². The van der Waals surface area contributed by atoms with Crippen molar-refractivity contribution in [3.8, 4) is 45.5 Å². The van der Waals surface area contributed by atoms with Gasteiger partial charge in [-0.2, -0.15) is 0 Å². The van der Waals surface area contributed by atoms with Gasteiger partial charge in [0.15, 0.2) is 40.7 Å². The first-order chi connectivity index (χ1) is 38.0. The Hall–Kier alpha value is -8.05. The van der Waals surface area contributed by atoms with Gasteiger partial charge < -0.3 is 23.6 Å². The molecule has 0 fully saturated rings. The maximum Gasteiger partial charge on any atom is 0.216 e. The smallest absolute Gasteiger partial charge is 0.216 e. The number of ether oxygens (including phenoxy) is 2. The summed E-state index contributed by atoms with van der Waals surface area (Å²) in [5.41, 5.74) is 6.48. The lowest BCUT2D eigenvalue weighted by Gasteiger charge is -2.10. The maximum absolute atomic E-state index is 11.7. The van der Waals surface area contributed by atoms with E-state index in [2.05, 4.69) is 31.3 Å². The number of nitrogens with one attached hydrogen (secondary N) is 1. The normalized spacial score (nSPS) is 11.7. The third-order valence-corrected chi connectivity index (χ3v) is 18.0. The number of sulfone groups is 3. The van der Waals surface area contributed by atoms with Gasteiger partial charge in [0.05, 0.1) is 45.0 Å². The Kier molecular flexibility index (Phi) is 16.2. The Morgan fingerprint density at radius 2 is 0.924 bits per heavy atom. The predicted octanol–water partition coefficient (Wildman–Crippen LogP) is 13.5. The molecule has 0 unspecified atom stereocenters. The monoisotopic (exact) mass is 1170 g/mol. The molecule has 0 aliphatic heterocycles. The van der Waals surface area contributed by atoms with Crippen molar-refractivity contribution in [1.29, 1.82) is 0 Å². The van der Waals surface area contributed by atoms with Crippen LogP contribution in [0, 0.1) is 0 Å². The SMILES string of the molecule is CS(=O)(=O)c1ccc(-c2nc(NCc3cccs3)cc3ccoc23)cc1.CS(=O)(=O)c1ccc(-c2nc(OCc3cccs3)cc3ccoc23)cc1.CS(=O)(=O)c1ccc(-c2nc(OCc3cccs3)cc3ncccc23)cc1. The third-order valence-electron chi connectivity index (χ3n) is 12.0. The number of hydrogen-bond acceptors (Lipinski definition) is 18. The molecule has 79 heavy (non-hydrogen) atoms. The molecule has 9 aromatic heterocycles. The summed E-state index contributed by atoms with van der Waals surface area (Å²) in [5.74, 6) is 1.72. The van der Waals surface area contributed by atoms with E-state index in [-0.39, 0.29) is 14.7 Å². The Morgan fingerprint density at radius 1 is 0.481 bits per heavy atom. The summed E-state index contributed by atoms with van der Waals surface area (Å²) >= 11 is 4.93. The van der Waals surface area contributed by atoms with Gasteiger partial charge in [0.2, 0.25) is 11.8 Å². The van der Waals surface area contributed by atoms with Crippen LogP contribution in [0.5, 0.6) is 11.8 Å². The second kappa shape index (κ2) is 23.5. The zero-order chi connectivity index (χ0) is 55.2. The van der Waals surface area contributed by atoms with Crippen LogP contribution >= 0.6 is 34.0 Å². The first-order valence-corrected chi connectivity index (χ1v) is 32.3. The summed E-state index contributed by atoms with van der Waals surface area (Å²) in [4.78, 5) is 22.6. The van der Waals surface area contributed by atoms with Gasteiger partial charge in [0.25, 0.3) is 0 Å². The van der Waals surface area contributed by atoms with E-state index in [0.717, 1.165) is 53.9 Å². The third kappa shape index (κ3) is 13.5. The van der Waals surface area contributed by atoms with Crippen LogP contribution in [0.2, 0.25) is 0 Å². The standard InChI is InChI=1S/C20H16N2O3S2.C19H16N2O3S2.C19H15NO4S2/c1-27(23,24)16-8-6-14(7-9-16)20-17-5-2-10-21-18(17)12-19(22-20)25-13-15-4-3-11-26-15;1-26(22,23)16-6-4-13(5-7-16)18-19-14(8-9-24-19)11-17(21-18)20-12-15-3-2-10-25-15;1-26(21,22)16-6-4-13(5-7-16)18-19-14(8-9-23-19)11-17(20-18)24-12-15-3-2-10-25-15/h2-12H,13H2,1H3;2-11H,12H2,1H3,(H,20,21);2-11H,12H2,1H3. The molecule has 400 valence electrons. The zero-order valence-corrected chi connectivity index (χ0v) is 47.2. The average molecular weight is 1170 g/mol. The summed E-state index contributed by atoms with van der Waals surface area (Å²) in [6, 6.07) is 45.2. The highest BCUT2D eigenvalue weighted by atomic mass is 32.2. The average Bonchev–Trinajstić information content (AvgIpc) is 4.42. The molecular formula is C58H47N5O10S6. The largest absolute Gasteiger partial charge is 0.472 e. The fraction of sp³-hybridized carbons (Fsp3) is 0.103. The van der Waals surface area contributed by atoms with Crippen LogP contribution in [0.1, 0.15) is 14.6 Å². The summed E-state index contributed by atoms with van der Waals surface area (Å²) in [6.45, 7) is 1.58. The molecule has 9 heterocycles. The molecule has 15 nitrogen and oxygen atoms in total. The lowest BCUT2D eigenvalue weighted by atomic mass is 10.1. The van der Waals surface area contributed by atoms with E-state index in [0.29, 0.717) is 59.8 Å². The van der Waals surface area contributed by atoms with Crippen LogP contribution in [0.25, 0.3) is 66.6 Å². The second-order valence-corrected chi connectivity index (χ2v) is 26.9. The lowest BCUT2D eigenvalue weighted by molar-refractivity contribution is 0.298. The van der Waals surface area contributed by atoms with Crippen molar-refractivity contribution in [2.24, 2.45) is 0 Å². The Labute approximate surface area is 467 Å². The van der Waals surface area contributed by atoms with Gasteiger partial charge >= 0.3 is 0 Å². The summed E-state index contributed by atoms with van der Waals surface area (Å²) in [5, 5.41) is 12.1. The van der Waals surface area contributed by atoms with Crippen LogP contribution in [0.4, 0.5) is 5.82 Å². The number of furan rings is 2. The number of aromatic nitrogens is 4. The van der Waals surface area contributed by atoms with Gasteiger partial charge in [0, 0.05) is 84.6 Å². The number of thiophene rings is 3. The second-order valence-electron chi connectivity index (χ2n) is 17.8. The van der Waals surface area contributed by atoms with Gasteiger partial charge in [-0.3, -0.25) is 4.98 Å². The molecule has 0 atom stereocenters. The van der Waals surface area contributed by atoms with Crippen molar-refractivity contribution < 1.29 is 43.6 Å². The Bertz CT molecular complexity index is 4190. The van der Waals surface area contributed by atoms with Gasteiger partial charge in [0.1, 0.15) is 30.4 Å². The highest BCUT2D eigenvalue weighted by Crippen LogP contribution is 2.34. The Balaban J connectivity index is 0.000000134. The van der Waals surface area contributed by atoms with Gasteiger partial charge in [-0.15, -0.1) is 34.0 Å². The highest BCUT2D eigenvalue weighted by molar-refractivity contribution is 7.91. The predicted molar refractivity (Wildman–Crippen MR) is 312 cm³/mol. The van der Waals surface area contributed by atoms with E-state index in [1.807, 2.05) is 88.9 Å².